The zero-order valence-corrected chi connectivity index (χ0v) is 13.7. The highest BCUT2D eigenvalue weighted by Gasteiger charge is 2.08. The molecule has 0 radical (unpaired) electrons. The predicted molar refractivity (Wildman–Crippen MR) is 84.4 cm³/mol. The Labute approximate surface area is 124 Å². The number of thioether (sulfide) groups is 1. The predicted octanol–water partition coefficient (Wildman–Crippen LogP) is 4.23. The Hall–Kier alpha value is 0.0500. The molecule has 0 aliphatic heterocycles. The van der Waals surface area contributed by atoms with Gasteiger partial charge in [0.05, 0.1) is 5.75 Å². The van der Waals surface area contributed by atoms with Crippen LogP contribution >= 0.6 is 43.6 Å². The molecule has 0 aromatic heterocycles. The molecule has 0 aliphatic carbocycles. The van der Waals surface area contributed by atoms with Crippen LogP contribution in [0.25, 0.3) is 0 Å². The van der Waals surface area contributed by atoms with Crippen LogP contribution in [0.3, 0.4) is 0 Å². The number of terminal acetylenes is 1. The lowest BCUT2D eigenvalue weighted by atomic mass is 10.1. The van der Waals surface area contributed by atoms with E-state index < -0.39 is 0 Å². The van der Waals surface area contributed by atoms with Crippen molar-refractivity contribution < 1.29 is 0 Å². The number of hydrogen-bond acceptors (Lipinski definition) is 2. The van der Waals surface area contributed by atoms with Gasteiger partial charge in [0.1, 0.15) is 0 Å². The molecule has 1 N–H and O–H groups in total. The molecule has 0 saturated carbocycles. The SMILES string of the molecule is C#CCSCCNC(C)c1ccc(Br)cc1Br. The molecule has 0 aliphatic rings. The fourth-order valence-electron chi connectivity index (χ4n) is 1.44. The van der Waals surface area contributed by atoms with Crippen LogP contribution in [-0.4, -0.2) is 18.1 Å². The standard InChI is InChI=1S/C13H15Br2NS/c1-3-7-17-8-6-16-10(2)12-5-4-11(14)9-13(12)15/h1,4-5,9-10,16H,6-8H2,2H3. The van der Waals surface area contributed by atoms with Crippen LogP contribution in [0.5, 0.6) is 0 Å². The Balaban J connectivity index is 2.42. The van der Waals surface area contributed by atoms with E-state index >= 15 is 0 Å². The third kappa shape index (κ3) is 5.48. The first-order valence-electron chi connectivity index (χ1n) is 5.34. The minimum absolute atomic E-state index is 0.337. The first-order valence-corrected chi connectivity index (χ1v) is 8.08. The summed E-state index contributed by atoms with van der Waals surface area (Å²) in [5, 5.41) is 3.48. The van der Waals surface area contributed by atoms with Crippen LogP contribution in [0, 0.1) is 12.3 Å². The first-order chi connectivity index (χ1) is 8.15. The van der Waals surface area contributed by atoms with Gasteiger partial charge >= 0.3 is 0 Å². The Morgan fingerprint density at radius 2 is 2.24 bits per heavy atom. The molecule has 4 heteroatoms. The van der Waals surface area contributed by atoms with Crippen LogP contribution in [0.4, 0.5) is 0 Å². The molecule has 1 atom stereocenters. The van der Waals surface area contributed by atoms with E-state index in [9.17, 15) is 0 Å². The zero-order valence-electron chi connectivity index (χ0n) is 9.67. The molecule has 1 aromatic rings. The van der Waals surface area contributed by atoms with E-state index in [0.717, 1.165) is 27.0 Å². The lowest BCUT2D eigenvalue weighted by Crippen LogP contribution is -2.21. The van der Waals surface area contributed by atoms with E-state index in [4.69, 9.17) is 6.42 Å². The van der Waals surface area contributed by atoms with Gasteiger partial charge < -0.3 is 5.32 Å². The average molecular weight is 377 g/mol. The third-order valence-corrected chi connectivity index (χ3v) is 4.35. The van der Waals surface area contributed by atoms with Gasteiger partial charge in [0.15, 0.2) is 0 Å². The smallest absolute Gasteiger partial charge is 0.0545 e. The molecule has 1 nitrogen and oxygen atoms in total. The van der Waals surface area contributed by atoms with Gasteiger partial charge in [0.25, 0.3) is 0 Å². The van der Waals surface area contributed by atoms with Gasteiger partial charge in [0.2, 0.25) is 0 Å². The molecule has 0 amide bonds. The van der Waals surface area contributed by atoms with Crippen LogP contribution < -0.4 is 5.32 Å². The van der Waals surface area contributed by atoms with Gasteiger partial charge in [-0.3, -0.25) is 0 Å². The van der Waals surface area contributed by atoms with Crippen LogP contribution in [0.1, 0.15) is 18.5 Å². The fraction of sp³-hybridized carbons (Fsp3) is 0.385. The summed E-state index contributed by atoms with van der Waals surface area (Å²) in [6.45, 7) is 3.13. The van der Waals surface area contributed by atoms with Gasteiger partial charge in [-0.2, -0.15) is 0 Å². The molecule has 0 bridgehead atoms. The molecule has 0 spiro atoms. The van der Waals surface area contributed by atoms with Gasteiger partial charge in [-0.15, -0.1) is 18.2 Å². The second-order valence-electron chi connectivity index (χ2n) is 3.60. The molecule has 0 fully saturated rings. The second kappa shape index (κ2) is 8.20. The van der Waals surface area contributed by atoms with E-state index in [1.165, 1.54) is 5.56 Å². The van der Waals surface area contributed by atoms with Crippen LogP contribution in [-0.2, 0) is 0 Å². The normalized spacial score (nSPS) is 12.1. The van der Waals surface area contributed by atoms with Gasteiger partial charge in [-0.25, -0.2) is 0 Å². The van der Waals surface area contributed by atoms with Crippen molar-refractivity contribution in [2.24, 2.45) is 0 Å². The van der Waals surface area contributed by atoms with Crippen molar-refractivity contribution in [2.45, 2.75) is 13.0 Å². The first kappa shape index (κ1) is 15.1. The fourth-order valence-corrected chi connectivity index (χ4v) is 3.36. The van der Waals surface area contributed by atoms with E-state index in [1.807, 2.05) is 0 Å². The van der Waals surface area contributed by atoms with Crippen molar-refractivity contribution in [2.75, 3.05) is 18.1 Å². The molecule has 1 unspecified atom stereocenters. The molecular weight excluding hydrogens is 362 g/mol. The quantitative estimate of drug-likeness (QED) is 0.589. The van der Waals surface area contributed by atoms with Gasteiger partial charge in [0, 0.05) is 27.3 Å². The highest BCUT2D eigenvalue weighted by molar-refractivity contribution is 9.11. The maximum atomic E-state index is 5.19. The van der Waals surface area contributed by atoms with Crippen molar-refractivity contribution in [3.05, 3.63) is 32.7 Å². The summed E-state index contributed by atoms with van der Waals surface area (Å²) >= 11 is 8.81. The number of rotatable bonds is 6. The monoisotopic (exact) mass is 375 g/mol. The van der Waals surface area contributed by atoms with Crippen molar-refractivity contribution in [1.82, 2.24) is 5.32 Å². The highest BCUT2D eigenvalue weighted by atomic mass is 79.9. The topological polar surface area (TPSA) is 12.0 Å². The summed E-state index contributed by atoms with van der Waals surface area (Å²) < 4.78 is 2.22. The Morgan fingerprint density at radius 1 is 1.47 bits per heavy atom. The molecule has 0 saturated heterocycles. The van der Waals surface area contributed by atoms with Crippen LogP contribution in [0.15, 0.2) is 27.1 Å². The number of nitrogens with one attached hydrogen (secondary N) is 1. The van der Waals surface area contributed by atoms with Gasteiger partial charge in [-0.05, 0) is 24.6 Å². The number of benzene rings is 1. The van der Waals surface area contributed by atoms with Crippen molar-refractivity contribution in [3.63, 3.8) is 0 Å². The zero-order chi connectivity index (χ0) is 12.7. The van der Waals surface area contributed by atoms with E-state index in [2.05, 4.69) is 68.2 Å². The van der Waals surface area contributed by atoms with E-state index in [-0.39, 0.29) is 0 Å². The maximum absolute atomic E-state index is 5.19. The van der Waals surface area contributed by atoms with Crippen molar-refractivity contribution in [1.29, 1.82) is 0 Å². The molecular formula is C13H15Br2NS. The molecule has 0 heterocycles. The molecule has 1 rings (SSSR count). The van der Waals surface area contributed by atoms with E-state index in [0.29, 0.717) is 6.04 Å². The molecule has 92 valence electrons. The minimum Gasteiger partial charge on any atom is -0.309 e. The summed E-state index contributed by atoms with van der Waals surface area (Å²) in [5.41, 5.74) is 1.27. The summed E-state index contributed by atoms with van der Waals surface area (Å²) in [6, 6.07) is 6.59. The van der Waals surface area contributed by atoms with Gasteiger partial charge in [-0.1, -0.05) is 43.8 Å². The van der Waals surface area contributed by atoms with Crippen molar-refractivity contribution >= 4 is 43.6 Å². The molecule has 17 heavy (non-hydrogen) atoms. The Kier molecular flexibility index (Phi) is 7.29. The summed E-state index contributed by atoms with van der Waals surface area (Å²) in [6.07, 6.45) is 5.19. The lowest BCUT2D eigenvalue weighted by molar-refractivity contribution is 0.599. The molecule has 1 aromatic carbocycles. The highest BCUT2D eigenvalue weighted by Crippen LogP contribution is 2.26. The number of hydrogen-bond donors (Lipinski definition) is 1. The largest absolute Gasteiger partial charge is 0.309 e. The van der Waals surface area contributed by atoms with Crippen LogP contribution in [0.2, 0.25) is 0 Å². The van der Waals surface area contributed by atoms with E-state index in [1.54, 1.807) is 11.8 Å². The maximum Gasteiger partial charge on any atom is 0.0545 e. The lowest BCUT2D eigenvalue weighted by Gasteiger charge is -2.15. The summed E-state index contributed by atoms with van der Waals surface area (Å²) in [4.78, 5) is 0. The Bertz CT molecular complexity index is 401. The second-order valence-corrected chi connectivity index (χ2v) is 6.47. The minimum atomic E-state index is 0.337. The number of halogens is 2. The summed E-state index contributed by atoms with van der Waals surface area (Å²) in [5.74, 6) is 4.46. The third-order valence-electron chi connectivity index (χ3n) is 2.31. The van der Waals surface area contributed by atoms with Crippen molar-refractivity contribution in [3.8, 4) is 12.3 Å². The summed E-state index contributed by atoms with van der Waals surface area (Å²) in [7, 11) is 0. The Morgan fingerprint density at radius 3 is 2.88 bits per heavy atom. The average Bonchev–Trinajstić information content (AvgIpc) is 2.28.